The molecule has 0 radical (unpaired) electrons. The highest BCUT2D eigenvalue weighted by Crippen LogP contribution is 2.26. The Kier molecular flexibility index (Phi) is 4.05. The minimum absolute atomic E-state index is 0.187. The fourth-order valence-electron chi connectivity index (χ4n) is 3.12. The normalized spacial score (nSPS) is 12.4. The van der Waals surface area contributed by atoms with Crippen molar-refractivity contribution in [2.75, 3.05) is 5.32 Å². The van der Waals surface area contributed by atoms with Crippen molar-refractivity contribution in [2.24, 2.45) is 0 Å². The summed E-state index contributed by atoms with van der Waals surface area (Å²) in [5, 5.41) is 4.34. The van der Waals surface area contributed by atoms with E-state index in [1.165, 1.54) is 15.9 Å². The monoisotopic (exact) mass is 363 g/mol. The van der Waals surface area contributed by atoms with Crippen LogP contribution in [-0.2, 0) is 4.79 Å². The van der Waals surface area contributed by atoms with Crippen molar-refractivity contribution in [1.82, 2.24) is 9.55 Å². The molecule has 2 aromatic carbocycles. The topological polar surface area (TPSA) is 64.0 Å². The molecule has 1 amide bonds. The second kappa shape index (κ2) is 6.38. The standard InChI is InChI=1S/C20H17N3O2S/c1-12-11-18(24)23(16-9-5-3-7-14(12)16)13(2)19(25)22-20-21-15-8-4-6-10-17(15)26-20/h3-11,13H,1-2H3,(H,21,22,25). The first kappa shape index (κ1) is 16.5. The lowest BCUT2D eigenvalue weighted by molar-refractivity contribution is -0.118. The Bertz CT molecular complexity index is 1160. The van der Waals surface area contributed by atoms with Crippen LogP contribution in [0.4, 0.5) is 5.13 Å². The minimum atomic E-state index is -0.653. The predicted octanol–water partition coefficient (Wildman–Crippen LogP) is 4.12. The molecule has 0 aliphatic heterocycles. The summed E-state index contributed by atoms with van der Waals surface area (Å²) in [7, 11) is 0. The van der Waals surface area contributed by atoms with Crippen molar-refractivity contribution in [3.8, 4) is 0 Å². The zero-order valence-corrected chi connectivity index (χ0v) is 15.2. The molecule has 0 fully saturated rings. The van der Waals surface area contributed by atoms with E-state index in [9.17, 15) is 9.59 Å². The first-order chi connectivity index (χ1) is 12.5. The molecule has 0 saturated heterocycles. The van der Waals surface area contributed by atoms with Crippen LogP contribution in [0.3, 0.4) is 0 Å². The lowest BCUT2D eigenvalue weighted by atomic mass is 10.1. The SMILES string of the molecule is Cc1cc(=O)n(C(C)C(=O)Nc2nc3ccccc3s2)c2ccccc12. The van der Waals surface area contributed by atoms with E-state index in [4.69, 9.17) is 0 Å². The number of para-hydroxylation sites is 2. The lowest BCUT2D eigenvalue weighted by Crippen LogP contribution is -2.31. The van der Waals surface area contributed by atoms with Crippen LogP contribution in [0.5, 0.6) is 0 Å². The third-order valence-corrected chi connectivity index (χ3v) is 5.41. The first-order valence-corrected chi connectivity index (χ1v) is 9.13. The van der Waals surface area contributed by atoms with Gasteiger partial charge in [-0.15, -0.1) is 0 Å². The number of hydrogen-bond acceptors (Lipinski definition) is 4. The van der Waals surface area contributed by atoms with E-state index in [0.29, 0.717) is 5.13 Å². The minimum Gasteiger partial charge on any atom is -0.300 e. The molecule has 1 unspecified atom stereocenters. The number of nitrogens with one attached hydrogen (secondary N) is 1. The molecule has 2 aromatic heterocycles. The maximum atomic E-state index is 12.8. The number of amides is 1. The van der Waals surface area contributed by atoms with Crippen LogP contribution < -0.4 is 10.9 Å². The molecule has 2 heterocycles. The van der Waals surface area contributed by atoms with Crippen LogP contribution in [0, 0.1) is 6.92 Å². The van der Waals surface area contributed by atoms with Crippen molar-refractivity contribution in [3.63, 3.8) is 0 Å². The Morgan fingerprint density at radius 3 is 2.69 bits per heavy atom. The van der Waals surface area contributed by atoms with E-state index in [-0.39, 0.29) is 11.5 Å². The van der Waals surface area contributed by atoms with Gasteiger partial charge in [0.05, 0.1) is 15.7 Å². The number of hydrogen-bond donors (Lipinski definition) is 1. The number of carbonyl (C=O) groups excluding carboxylic acids is 1. The van der Waals surface area contributed by atoms with Gasteiger partial charge in [0.1, 0.15) is 6.04 Å². The number of aryl methyl sites for hydroxylation is 1. The van der Waals surface area contributed by atoms with E-state index in [1.807, 2.05) is 55.5 Å². The van der Waals surface area contributed by atoms with E-state index in [0.717, 1.165) is 26.7 Å². The van der Waals surface area contributed by atoms with Gasteiger partial charge in [-0.1, -0.05) is 41.7 Å². The number of pyridine rings is 1. The largest absolute Gasteiger partial charge is 0.300 e. The molecule has 0 aliphatic carbocycles. The predicted molar refractivity (Wildman–Crippen MR) is 106 cm³/mol. The average molecular weight is 363 g/mol. The van der Waals surface area contributed by atoms with Crippen LogP contribution in [0.15, 0.2) is 59.4 Å². The molecule has 4 aromatic rings. The quantitative estimate of drug-likeness (QED) is 0.595. The summed E-state index contributed by atoms with van der Waals surface area (Å²) in [5.41, 5.74) is 2.32. The number of aromatic nitrogens is 2. The summed E-state index contributed by atoms with van der Waals surface area (Å²) in [6, 6.07) is 16.3. The molecule has 0 aliphatic rings. The maximum absolute atomic E-state index is 12.8. The van der Waals surface area contributed by atoms with Gasteiger partial charge in [0.15, 0.2) is 5.13 Å². The van der Waals surface area contributed by atoms with E-state index < -0.39 is 6.04 Å². The Labute approximate surface area is 153 Å². The van der Waals surface area contributed by atoms with Gasteiger partial charge in [-0.3, -0.25) is 14.2 Å². The number of nitrogens with zero attached hydrogens (tertiary/aromatic N) is 2. The Hall–Kier alpha value is -2.99. The molecular weight excluding hydrogens is 346 g/mol. The van der Waals surface area contributed by atoms with Crippen molar-refractivity contribution in [2.45, 2.75) is 19.9 Å². The van der Waals surface area contributed by atoms with E-state index >= 15 is 0 Å². The Morgan fingerprint density at radius 1 is 1.15 bits per heavy atom. The fraction of sp³-hybridized carbons (Fsp3) is 0.150. The molecule has 1 N–H and O–H groups in total. The zero-order chi connectivity index (χ0) is 18.3. The zero-order valence-electron chi connectivity index (χ0n) is 14.4. The first-order valence-electron chi connectivity index (χ1n) is 8.32. The number of anilines is 1. The van der Waals surface area contributed by atoms with Gasteiger partial charge in [0.2, 0.25) is 5.91 Å². The van der Waals surface area contributed by atoms with Gasteiger partial charge < -0.3 is 5.32 Å². The number of rotatable bonds is 3. The third kappa shape index (κ3) is 2.78. The third-order valence-electron chi connectivity index (χ3n) is 4.46. The Morgan fingerprint density at radius 2 is 1.88 bits per heavy atom. The molecule has 6 heteroatoms. The molecular formula is C20H17N3O2S. The van der Waals surface area contributed by atoms with Gasteiger partial charge in [-0.25, -0.2) is 4.98 Å². The molecule has 130 valence electrons. The Balaban J connectivity index is 1.71. The molecule has 0 bridgehead atoms. The van der Waals surface area contributed by atoms with Crippen molar-refractivity contribution in [1.29, 1.82) is 0 Å². The average Bonchev–Trinajstić information content (AvgIpc) is 3.03. The van der Waals surface area contributed by atoms with Crippen molar-refractivity contribution >= 4 is 43.5 Å². The van der Waals surface area contributed by atoms with E-state index in [2.05, 4.69) is 10.3 Å². The van der Waals surface area contributed by atoms with Gasteiger partial charge in [-0.2, -0.15) is 0 Å². The highest BCUT2D eigenvalue weighted by atomic mass is 32.1. The van der Waals surface area contributed by atoms with Gasteiger partial charge in [0.25, 0.3) is 5.56 Å². The summed E-state index contributed by atoms with van der Waals surface area (Å²) in [4.78, 5) is 29.8. The highest BCUT2D eigenvalue weighted by molar-refractivity contribution is 7.22. The van der Waals surface area contributed by atoms with Gasteiger partial charge >= 0.3 is 0 Å². The molecule has 1 atom stereocenters. The van der Waals surface area contributed by atoms with Crippen molar-refractivity contribution in [3.05, 3.63) is 70.5 Å². The van der Waals surface area contributed by atoms with Gasteiger partial charge in [-0.05, 0) is 37.6 Å². The van der Waals surface area contributed by atoms with Gasteiger partial charge in [0, 0.05) is 11.5 Å². The number of benzene rings is 2. The summed E-state index contributed by atoms with van der Waals surface area (Å²) >= 11 is 1.42. The summed E-state index contributed by atoms with van der Waals surface area (Å²) in [5.74, 6) is -0.264. The number of fused-ring (bicyclic) bond motifs is 2. The molecule has 26 heavy (non-hydrogen) atoms. The maximum Gasteiger partial charge on any atom is 0.252 e. The summed E-state index contributed by atoms with van der Waals surface area (Å²) in [6.45, 7) is 3.63. The van der Waals surface area contributed by atoms with Crippen LogP contribution >= 0.6 is 11.3 Å². The second-order valence-corrected chi connectivity index (χ2v) is 7.24. The van der Waals surface area contributed by atoms with Crippen LogP contribution in [-0.4, -0.2) is 15.5 Å². The van der Waals surface area contributed by atoms with Crippen LogP contribution in [0.25, 0.3) is 21.1 Å². The van der Waals surface area contributed by atoms with Crippen LogP contribution in [0.2, 0.25) is 0 Å². The summed E-state index contributed by atoms with van der Waals surface area (Å²) in [6.07, 6.45) is 0. The highest BCUT2D eigenvalue weighted by Gasteiger charge is 2.20. The lowest BCUT2D eigenvalue weighted by Gasteiger charge is -2.18. The molecule has 0 saturated carbocycles. The number of thiazole rings is 1. The summed E-state index contributed by atoms with van der Waals surface area (Å²) < 4.78 is 2.54. The molecule has 5 nitrogen and oxygen atoms in total. The number of carbonyl (C=O) groups is 1. The van der Waals surface area contributed by atoms with E-state index in [1.54, 1.807) is 13.0 Å². The van der Waals surface area contributed by atoms with Crippen LogP contribution in [0.1, 0.15) is 18.5 Å². The smallest absolute Gasteiger partial charge is 0.252 e. The molecule has 4 rings (SSSR count). The molecule has 0 spiro atoms. The second-order valence-electron chi connectivity index (χ2n) is 6.20. The fourth-order valence-corrected chi connectivity index (χ4v) is 3.99. The van der Waals surface area contributed by atoms with Crippen molar-refractivity contribution < 1.29 is 4.79 Å².